The number of anilines is 1. The summed E-state index contributed by atoms with van der Waals surface area (Å²) in [5.41, 5.74) is 1.62. The molecule has 0 fully saturated rings. The Labute approximate surface area is 173 Å². The Balaban J connectivity index is 1.43. The molecule has 1 aromatic carbocycles. The van der Waals surface area contributed by atoms with E-state index < -0.39 is 0 Å². The fourth-order valence-electron chi connectivity index (χ4n) is 3.33. The lowest BCUT2D eigenvalue weighted by atomic mass is 10.0. The second-order valence-corrected chi connectivity index (χ2v) is 8.56. The fraction of sp³-hybridized carbons (Fsp3) is 0.318. The normalized spacial score (nSPS) is 16.0. The summed E-state index contributed by atoms with van der Waals surface area (Å²) in [5, 5.41) is 3.45. The minimum Gasteiger partial charge on any atom is -0.493 e. The quantitative estimate of drug-likeness (QED) is 0.634. The summed E-state index contributed by atoms with van der Waals surface area (Å²) in [4.78, 5) is 30.0. The van der Waals surface area contributed by atoms with Crippen molar-refractivity contribution < 1.29 is 14.3 Å². The van der Waals surface area contributed by atoms with Gasteiger partial charge in [0.1, 0.15) is 11.8 Å². The van der Waals surface area contributed by atoms with E-state index in [1.165, 1.54) is 11.3 Å². The van der Waals surface area contributed by atoms with Crippen molar-refractivity contribution in [2.24, 2.45) is 5.92 Å². The first-order valence-corrected chi connectivity index (χ1v) is 10.5. The van der Waals surface area contributed by atoms with Crippen molar-refractivity contribution in [2.75, 3.05) is 11.9 Å². The minimum atomic E-state index is -0.387. The molecule has 1 amide bonds. The van der Waals surface area contributed by atoms with Crippen molar-refractivity contribution in [1.29, 1.82) is 0 Å². The number of thiazole rings is 1. The zero-order valence-electron chi connectivity index (χ0n) is 16.4. The average Bonchev–Trinajstić information content (AvgIpc) is 3.37. The molecule has 6 nitrogen and oxygen atoms in total. The van der Waals surface area contributed by atoms with Gasteiger partial charge in [0.2, 0.25) is 5.91 Å². The van der Waals surface area contributed by atoms with E-state index in [1.54, 1.807) is 29.1 Å². The molecule has 0 spiro atoms. The number of ether oxygens (including phenoxy) is 1. The predicted octanol–water partition coefficient (Wildman–Crippen LogP) is 4.80. The number of ketones is 1. The van der Waals surface area contributed by atoms with Crippen LogP contribution in [0.3, 0.4) is 0 Å². The largest absolute Gasteiger partial charge is 0.493 e. The van der Waals surface area contributed by atoms with Crippen molar-refractivity contribution in [3.63, 3.8) is 0 Å². The first-order chi connectivity index (χ1) is 14.0. The lowest BCUT2D eigenvalue weighted by molar-refractivity contribution is -0.119. The molecule has 1 aliphatic rings. The summed E-state index contributed by atoms with van der Waals surface area (Å²) in [6, 6.07) is 11.1. The molecule has 29 heavy (non-hydrogen) atoms. The molecule has 1 atom stereocenters. The van der Waals surface area contributed by atoms with Crippen LogP contribution in [0.25, 0.3) is 10.4 Å². The zero-order chi connectivity index (χ0) is 20.4. The number of carbonyl (C=O) groups is 2. The highest BCUT2D eigenvalue weighted by Gasteiger charge is 2.29. The Morgan fingerprint density at radius 1 is 1.31 bits per heavy atom. The minimum absolute atomic E-state index is 0.0800. The van der Waals surface area contributed by atoms with E-state index in [0.29, 0.717) is 36.2 Å². The number of hydrogen-bond donors (Lipinski definition) is 1. The van der Waals surface area contributed by atoms with Crippen LogP contribution >= 0.6 is 11.3 Å². The van der Waals surface area contributed by atoms with Crippen molar-refractivity contribution in [3.05, 3.63) is 54.5 Å². The molecule has 0 aliphatic carbocycles. The standard InChI is InChI=1S/C22H23N3O3S/c1-14(2)13-28-16-7-5-15(6-8-16)20-12-23-22(29-20)24-21(27)18-9-10-19(26)17-4-3-11-25(17)18/h3-8,11-12,14,18H,9-10,13H2,1-2H3,(H,23,24,27). The lowest BCUT2D eigenvalue weighted by Crippen LogP contribution is -2.31. The number of benzene rings is 1. The second-order valence-electron chi connectivity index (χ2n) is 7.53. The zero-order valence-corrected chi connectivity index (χ0v) is 17.2. The molecule has 150 valence electrons. The molecule has 0 bridgehead atoms. The van der Waals surface area contributed by atoms with Crippen molar-refractivity contribution in [2.45, 2.75) is 32.7 Å². The Morgan fingerprint density at radius 2 is 2.10 bits per heavy atom. The van der Waals surface area contributed by atoms with Crippen LogP contribution in [-0.4, -0.2) is 27.8 Å². The Bertz CT molecular complexity index is 1020. The number of rotatable bonds is 6. The maximum absolute atomic E-state index is 12.8. The highest BCUT2D eigenvalue weighted by atomic mass is 32.1. The molecule has 0 radical (unpaired) electrons. The highest BCUT2D eigenvalue weighted by Crippen LogP contribution is 2.32. The lowest BCUT2D eigenvalue weighted by Gasteiger charge is -2.24. The van der Waals surface area contributed by atoms with E-state index in [2.05, 4.69) is 24.1 Å². The number of nitrogens with one attached hydrogen (secondary N) is 1. The molecule has 1 aliphatic heterocycles. The molecule has 7 heteroatoms. The van der Waals surface area contributed by atoms with Crippen LogP contribution in [0.2, 0.25) is 0 Å². The second kappa shape index (κ2) is 8.21. The molecule has 4 rings (SSSR count). The summed E-state index contributed by atoms with van der Waals surface area (Å²) >= 11 is 1.43. The Kier molecular flexibility index (Phi) is 5.49. The molecule has 1 unspecified atom stereocenters. The molecule has 3 aromatic rings. The van der Waals surface area contributed by atoms with Gasteiger partial charge in [0.15, 0.2) is 10.9 Å². The van der Waals surface area contributed by atoms with Gasteiger partial charge in [-0.15, -0.1) is 0 Å². The third-order valence-corrected chi connectivity index (χ3v) is 5.77. The third-order valence-electron chi connectivity index (χ3n) is 4.81. The summed E-state index contributed by atoms with van der Waals surface area (Å²) < 4.78 is 7.47. The topological polar surface area (TPSA) is 73.2 Å². The van der Waals surface area contributed by atoms with Gasteiger partial charge < -0.3 is 14.6 Å². The molecule has 0 saturated heterocycles. The third kappa shape index (κ3) is 4.24. The number of fused-ring (bicyclic) bond motifs is 1. The molecule has 2 aromatic heterocycles. The average molecular weight is 410 g/mol. The van der Waals surface area contributed by atoms with E-state index >= 15 is 0 Å². The van der Waals surface area contributed by atoms with Gasteiger partial charge in [-0.25, -0.2) is 4.98 Å². The van der Waals surface area contributed by atoms with Gasteiger partial charge in [-0.2, -0.15) is 0 Å². The Morgan fingerprint density at radius 3 is 2.86 bits per heavy atom. The van der Waals surface area contributed by atoms with Crippen LogP contribution in [0.1, 0.15) is 43.2 Å². The number of carbonyl (C=O) groups excluding carboxylic acids is 2. The van der Waals surface area contributed by atoms with Crippen LogP contribution in [0.15, 0.2) is 48.8 Å². The maximum Gasteiger partial charge on any atom is 0.249 e. The molecular formula is C22H23N3O3S. The van der Waals surface area contributed by atoms with Crippen molar-refractivity contribution in [3.8, 4) is 16.2 Å². The first kappa shape index (κ1) is 19.4. The van der Waals surface area contributed by atoms with Crippen LogP contribution in [-0.2, 0) is 4.79 Å². The predicted molar refractivity (Wildman–Crippen MR) is 114 cm³/mol. The summed E-state index contributed by atoms with van der Waals surface area (Å²) in [7, 11) is 0. The number of Topliss-reactive ketones (excluding diaryl/α,β-unsaturated/α-hetero) is 1. The van der Waals surface area contributed by atoms with Gasteiger partial charge in [-0.3, -0.25) is 9.59 Å². The maximum atomic E-state index is 12.8. The SMILES string of the molecule is CC(C)COc1ccc(-c2cnc(NC(=O)C3CCC(=O)c4cccn43)s2)cc1. The van der Waals surface area contributed by atoms with Crippen LogP contribution in [0.5, 0.6) is 5.75 Å². The van der Waals surface area contributed by atoms with E-state index in [4.69, 9.17) is 4.74 Å². The van der Waals surface area contributed by atoms with Gasteiger partial charge in [0, 0.05) is 18.8 Å². The monoisotopic (exact) mass is 409 g/mol. The van der Waals surface area contributed by atoms with Gasteiger partial charge in [0.25, 0.3) is 0 Å². The van der Waals surface area contributed by atoms with E-state index in [9.17, 15) is 9.59 Å². The van der Waals surface area contributed by atoms with Crippen LogP contribution in [0.4, 0.5) is 5.13 Å². The van der Waals surface area contributed by atoms with Crippen molar-refractivity contribution in [1.82, 2.24) is 9.55 Å². The van der Waals surface area contributed by atoms with E-state index in [-0.39, 0.29) is 17.7 Å². The number of aromatic nitrogens is 2. The fourth-order valence-corrected chi connectivity index (χ4v) is 4.15. The molecule has 0 saturated carbocycles. The Hall–Kier alpha value is -2.93. The molecular weight excluding hydrogens is 386 g/mol. The molecule has 3 heterocycles. The summed E-state index contributed by atoms with van der Waals surface area (Å²) in [6.07, 6.45) is 4.43. The number of amides is 1. The summed E-state index contributed by atoms with van der Waals surface area (Å²) in [5.74, 6) is 1.26. The van der Waals surface area contributed by atoms with Crippen molar-refractivity contribution >= 4 is 28.2 Å². The van der Waals surface area contributed by atoms with Crippen LogP contribution in [0, 0.1) is 5.92 Å². The van der Waals surface area contributed by atoms with Gasteiger partial charge in [-0.05, 0) is 54.3 Å². The summed E-state index contributed by atoms with van der Waals surface area (Å²) in [6.45, 7) is 4.92. The van der Waals surface area contributed by atoms with Gasteiger partial charge in [0.05, 0.1) is 17.2 Å². The first-order valence-electron chi connectivity index (χ1n) is 9.71. The highest BCUT2D eigenvalue weighted by molar-refractivity contribution is 7.19. The van der Waals surface area contributed by atoms with E-state index in [1.807, 2.05) is 24.3 Å². The molecule has 1 N–H and O–H groups in total. The van der Waals surface area contributed by atoms with Gasteiger partial charge in [-0.1, -0.05) is 25.2 Å². The number of hydrogen-bond acceptors (Lipinski definition) is 5. The smallest absolute Gasteiger partial charge is 0.249 e. The van der Waals surface area contributed by atoms with E-state index in [0.717, 1.165) is 16.2 Å². The van der Waals surface area contributed by atoms with Crippen LogP contribution < -0.4 is 10.1 Å². The van der Waals surface area contributed by atoms with Gasteiger partial charge >= 0.3 is 0 Å². The number of nitrogens with zero attached hydrogens (tertiary/aromatic N) is 2.